The molecule has 0 aromatic heterocycles. The van der Waals surface area contributed by atoms with Gasteiger partial charge in [-0.2, -0.15) is 0 Å². The van der Waals surface area contributed by atoms with Crippen molar-refractivity contribution >= 4 is 18.6 Å². The lowest BCUT2D eigenvalue weighted by atomic mass is 9.43. The first-order valence-corrected chi connectivity index (χ1v) is 10.9. The number of quaternary nitrogens is 1. The molecule has 6 fully saturated rings. The summed E-state index contributed by atoms with van der Waals surface area (Å²) in [7, 11) is 0. The highest BCUT2D eigenvalue weighted by atomic mass is 16.7. The molecular formula is C22H28BNO5. The first-order valence-electron chi connectivity index (χ1n) is 10.9. The summed E-state index contributed by atoms with van der Waals surface area (Å²) in [5.74, 6) is 1.14. The van der Waals surface area contributed by atoms with Crippen LogP contribution >= 0.6 is 0 Å². The fraction of sp³-hybridized carbons (Fsp3) is 0.636. The highest BCUT2D eigenvalue weighted by molar-refractivity contribution is 6.68. The Morgan fingerprint density at radius 3 is 2.28 bits per heavy atom. The van der Waals surface area contributed by atoms with Crippen molar-refractivity contribution in [3.63, 3.8) is 0 Å². The van der Waals surface area contributed by atoms with Crippen LogP contribution in [0.15, 0.2) is 30.3 Å². The number of carbonyl (C=O) groups excluding carboxylic acids is 2. The van der Waals surface area contributed by atoms with Gasteiger partial charge in [0.1, 0.15) is 19.1 Å². The SMILES string of the molecule is C[C@@H]1C2C[C@@H](CC1[N+]13CC(=O)O[B-]1(C1O[C@H]1c1ccccc1)OC(=O)C3)C2(C)C. The van der Waals surface area contributed by atoms with Crippen LogP contribution in [0, 0.1) is 23.2 Å². The number of hydrogen-bond acceptors (Lipinski definition) is 5. The molecule has 3 saturated carbocycles. The Labute approximate surface area is 171 Å². The normalized spacial score (nSPS) is 49.1. The van der Waals surface area contributed by atoms with E-state index in [1.165, 1.54) is 6.42 Å². The van der Waals surface area contributed by atoms with Gasteiger partial charge in [-0.15, -0.1) is 0 Å². The number of ether oxygens (including phenoxy) is 1. The molecule has 6 aliphatic rings. The van der Waals surface area contributed by atoms with Crippen LogP contribution in [0.25, 0.3) is 0 Å². The van der Waals surface area contributed by atoms with Crippen molar-refractivity contribution in [3.8, 4) is 0 Å². The number of rotatable bonds is 3. The zero-order valence-electron chi connectivity index (χ0n) is 17.2. The average molecular weight is 397 g/mol. The molecule has 1 aromatic carbocycles. The summed E-state index contributed by atoms with van der Waals surface area (Å²) in [4.78, 5) is 25.3. The molecule has 0 amide bonds. The molecular weight excluding hydrogens is 369 g/mol. The molecule has 0 spiro atoms. The highest BCUT2D eigenvalue weighted by Gasteiger charge is 2.80. The van der Waals surface area contributed by atoms with Crippen LogP contribution in [0.5, 0.6) is 0 Å². The summed E-state index contributed by atoms with van der Waals surface area (Å²) in [5.41, 5.74) is 1.38. The van der Waals surface area contributed by atoms with Crippen molar-refractivity contribution in [1.82, 2.24) is 0 Å². The van der Waals surface area contributed by atoms with Crippen molar-refractivity contribution in [2.24, 2.45) is 23.2 Å². The van der Waals surface area contributed by atoms with Crippen LogP contribution in [-0.2, 0) is 23.6 Å². The summed E-state index contributed by atoms with van der Waals surface area (Å²) in [5, 5.41) is 0. The average Bonchev–Trinajstić information content (AvgIpc) is 3.36. The summed E-state index contributed by atoms with van der Waals surface area (Å²) < 4.78 is 18.3. The monoisotopic (exact) mass is 397 g/mol. The van der Waals surface area contributed by atoms with E-state index >= 15 is 0 Å². The molecule has 2 bridgehead atoms. The maximum atomic E-state index is 12.6. The molecule has 7 heteroatoms. The van der Waals surface area contributed by atoms with Gasteiger partial charge in [0.05, 0.1) is 12.1 Å². The van der Waals surface area contributed by atoms with Gasteiger partial charge in [0.15, 0.2) is 0 Å². The lowest BCUT2D eigenvalue weighted by molar-refractivity contribution is -0.852. The quantitative estimate of drug-likeness (QED) is 0.580. The second-order valence-electron chi connectivity index (χ2n) is 10.6. The molecule has 3 aliphatic carbocycles. The van der Waals surface area contributed by atoms with E-state index < -0.39 is 6.69 Å². The molecule has 0 radical (unpaired) electrons. The minimum atomic E-state index is -2.20. The summed E-state index contributed by atoms with van der Waals surface area (Å²) in [6.45, 7) is 5.28. The largest absolute Gasteiger partial charge is 0.615 e. The van der Waals surface area contributed by atoms with Gasteiger partial charge >= 0.3 is 18.6 Å². The Bertz CT molecular complexity index is 882. The molecule has 1 aromatic rings. The fourth-order valence-electron chi connectivity index (χ4n) is 7.56. The third-order valence-electron chi connectivity index (χ3n) is 9.21. The Morgan fingerprint density at radius 1 is 1.03 bits per heavy atom. The van der Waals surface area contributed by atoms with Crippen LogP contribution in [0.1, 0.15) is 45.3 Å². The van der Waals surface area contributed by atoms with Crippen LogP contribution < -0.4 is 0 Å². The van der Waals surface area contributed by atoms with Gasteiger partial charge in [0.2, 0.25) is 0 Å². The number of epoxide rings is 1. The van der Waals surface area contributed by atoms with Crippen LogP contribution in [0.4, 0.5) is 0 Å². The lowest BCUT2D eigenvalue weighted by Crippen LogP contribution is -2.75. The van der Waals surface area contributed by atoms with E-state index in [-0.39, 0.29) is 43.2 Å². The second-order valence-corrected chi connectivity index (χ2v) is 10.6. The number of carbonyl (C=O) groups is 2. The molecule has 0 N–H and O–H groups in total. The molecule has 29 heavy (non-hydrogen) atoms. The Morgan fingerprint density at radius 2 is 1.69 bits per heavy atom. The molecule has 3 saturated heterocycles. The van der Waals surface area contributed by atoms with Crippen LogP contribution in [-0.4, -0.2) is 48.2 Å². The summed E-state index contributed by atoms with van der Waals surface area (Å²) in [6.07, 6.45) is 2.08. The van der Waals surface area contributed by atoms with Crippen molar-refractivity contribution < 1.29 is 28.0 Å². The first kappa shape index (κ1) is 18.0. The zero-order valence-corrected chi connectivity index (χ0v) is 17.2. The van der Waals surface area contributed by atoms with Gasteiger partial charge < -0.3 is 18.4 Å². The van der Waals surface area contributed by atoms with E-state index in [1.54, 1.807) is 0 Å². The summed E-state index contributed by atoms with van der Waals surface area (Å²) >= 11 is 0. The van der Waals surface area contributed by atoms with Crippen molar-refractivity contribution in [2.45, 2.75) is 51.8 Å². The van der Waals surface area contributed by atoms with Gasteiger partial charge in [-0.05, 0) is 35.7 Å². The van der Waals surface area contributed by atoms with Gasteiger partial charge in [-0.1, -0.05) is 51.1 Å². The van der Waals surface area contributed by atoms with Crippen molar-refractivity contribution in [3.05, 3.63) is 35.9 Å². The number of benzene rings is 1. The molecule has 3 aliphatic heterocycles. The third-order valence-corrected chi connectivity index (χ3v) is 9.21. The maximum absolute atomic E-state index is 12.6. The smallest absolute Gasteiger partial charge is 0.598 e. The number of fused-ring (bicyclic) bond motifs is 4. The van der Waals surface area contributed by atoms with E-state index in [0.29, 0.717) is 27.6 Å². The molecule has 3 unspecified atom stereocenters. The number of hydrogen-bond donors (Lipinski definition) is 0. The predicted molar refractivity (Wildman–Crippen MR) is 105 cm³/mol. The Hall–Kier alpha value is -1.86. The van der Waals surface area contributed by atoms with Gasteiger partial charge in [-0.3, -0.25) is 9.59 Å². The van der Waals surface area contributed by atoms with E-state index in [1.807, 2.05) is 30.3 Å². The molecule has 154 valence electrons. The van der Waals surface area contributed by atoms with Crippen molar-refractivity contribution in [2.75, 3.05) is 13.1 Å². The predicted octanol–water partition coefficient (Wildman–Crippen LogP) is 2.61. The zero-order chi connectivity index (χ0) is 20.2. The first-order chi connectivity index (χ1) is 13.8. The molecule has 3 heterocycles. The summed E-state index contributed by atoms with van der Waals surface area (Å²) in [6, 6.07) is 9.76. The third kappa shape index (κ3) is 2.10. The van der Waals surface area contributed by atoms with Gasteiger partial charge in [0, 0.05) is 5.92 Å². The fourth-order valence-corrected chi connectivity index (χ4v) is 7.56. The minimum absolute atomic E-state index is 0.185. The molecule has 6 nitrogen and oxygen atoms in total. The molecule has 7 rings (SSSR count). The standard InChI is InChI=1S/C22H28BNO5/c1-13-16-9-15(22(16,2)3)10-17(13)24-11-18(25)28-23(24,29-19(26)12-24)21-20(27-21)14-7-5-4-6-8-14/h4-8,13,15-17,20-21H,9-12H2,1-3H3/t13-,15+,16?,17?,20+,21?,23?,24?/m1/s1. The highest BCUT2D eigenvalue weighted by Crippen LogP contribution is 2.65. The Kier molecular flexibility index (Phi) is 3.37. The topological polar surface area (TPSA) is 65.1 Å². The lowest BCUT2D eigenvalue weighted by Gasteiger charge is -2.66. The van der Waals surface area contributed by atoms with Crippen LogP contribution in [0.2, 0.25) is 0 Å². The molecule has 6 atom stereocenters. The van der Waals surface area contributed by atoms with Crippen molar-refractivity contribution in [1.29, 1.82) is 0 Å². The van der Waals surface area contributed by atoms with Crippen LogP contribution in [0.3, 0.4) is 0 Å². The van der Waals surface area contributed by atoms with E-state index in [2.05, 4.69) is 20.8 Å². The second kappa shape index (κ2) is 5.44. The van der Waals surface area contributed by atoms with E-state index in [0.717, 1.165) is 12.0 Å². The Balaban J connectivity index is 1.40. The van der Waals surface area contributed by atoms with E-state index in [4.69, 9.17) is 14.0 Å². The van der Waals surface area contributed by atoms with E-state index in [9.17, 15) is 9.59 Å². The maximum Gasteiger partial charge on any atom is 0.615 e. The number of nitrogens with zero attached hydrogens (tertiary/aromatic N) is 1. The minimum Gasteiger partial charge on any atom is -0.598 e. The van der Waals surface area contributed by atoms with Gasteiger partial charge in [-0.25, -0.2) is 0 Å². The van der Waals surface area contributed by atoms with Gasteiger partial charge in [0.25, 0.3) is 0 Å².